The Morgan fingerprint density at radius 3 is 2.52 bits per heavy atom. The smallest absolute Gasteiger partial charge is 0.410 e. The van der Waals surface area contributed by atoms with Crippen molar-refractivity contribution in [3.63, 3.8) is 0 Å². The maximum Gasteiger partial charge on any atom is 0.410 e. The van der Waals surface area contributed by atoms with Crippen LogP contribution < -0.4 is 4.74 Å². The molecule has 0 aliphatic carbocycles. The number of benzene rings is 2. The van der Waals surface area contributed by atoms with Crippen LogP contribution >= 0.6 is 0 Å². The number of halogens is 1. The zero-order chi connectivity index (χ0) is 22.2. The van der Waals surface area contributed by atoms with Gasteiger partial charge in [0.25, 0.3) is 0 Å². The number of fused-ring (bicyclic) bond motifs is 1. The molecule has 1 saturated heterocycles. The fourth-order valence-corrected chi connectivity index (χ4v) is 4.16. The van der Waals surface area contributed by atoms with E-state index in [2.05, 4.69) is 23.2 Å². The molecule has 2 aromatic carbocycles. The number of carbonyl (C=O) groups is 1. The van der Waals surface area contributed by atoms with Crippen molar-refractivity contribution < 1.29 is 18.7 Å². The predicted octanol–water partition coefficient (Wildman–Crippen LogP) is 6.10. The van der Waals surface area contributed by atoms with Crippen LogP contribution in [-0.2, 0) is 4.74 Å². The molecule has 1 aliphatic heterocycles. The van der Waals surface area contributed by atoms with E-state index in [1.165, 1.54) is 17.7 Å². The Kier molecular flexibility index (Phi) is 5.65. The number of likely N-dealkylation sites (tertiary alicyclic amines) is 1. The molecular weight excluding hydrogens is 395 g/mol. The minimum Gasteiger partial charge on any atom is -0.496 e. The molecule has 2 heterocycles. The van der Waals surface area contributed by atoms with Crippen LogP contribution in [0.1, 0.15) is 45.1 Å². The molecule has 1 aliphatic rings. The molecule has 0 saturated carbocycles. The Morgan fingerprint density at radius 1 is 1.10 bits per heavy atom. The number of aromatic nitrogens is 1. The number of aromatic amines is 1. The van der Waals surface area contributed by atoms with Gasteiger partial charge in [-0.25, -0.2) is 9.18 Å². The van der Waals surface area contributed by atoms with Gasteiger partial charge in [0.2, 0.25) is 0 Å². The quantitative estimate of drug-likeness (QED) is 0.553. The van der Waals surface area contributed by atoms with Gasteiger partial charge in [0.1, 0.15) is 17.2 Å². The molecule has 5 nitrogen and oxygen atoms in total. The molecule has 3 aromatic rings. The van der Waals surface area contributed by atoms with E-state index < -0.39 is 5.60 Å². The summed E-state index contributed by atoms with van der Waals surface area (Å²) in [6.45, 7) is 7.04. The molecule has 0 spiro atoms. The fraction of sp³-hybridized carbons (Fsp3) is 0.400. The minimum absolute atomic E-state index is 0.235. The number of nitrogens with one attached hydrogen (secondary N) is 1. The van der Waals surface area contributed by atoms with E-state index in [0.29, 0.717) is 30.3 Å². The maximum atomic E-state index is 13.8. The van der Waals surface area contributed by atoms with Gasteiger partial charge in [0.15, 0.2) is 0 Å². The van der Waals surface area contributed by atoms with Crippen molar-refractivity contribution in [2.75, 3.05) is 20.2 Å². The maximum absolute atomic E-state index is 13.8. The van der Waals surface area contributed by atoms with Crippen molar-refractivity contribution in [3.8, 4) is 17.0 Å². The zero-order valence-electron chi connectivity index (χ0n) is 18.5. The lowest BCUT2D eigenvalue weighted by Crippen LogP contribution is -2.41. The van der Waals surface area contributed by atoms with E-state index in [4.69, 9.17) is 9.47 Å². The van der Waals surface area contributed by atoms with Crippen LogP contribution in [0.4, 0.5) is 9.18 Å². The van der Waals surface area contributed by atoms with E-state index >= 15 is 0 Å². The first-order valence-electron chi connectivity index (χ1n) is 10.7. The van der Waals surface area contributed by atoms with Crippen molar-refractivity contribution in [3.05, 3.63) is 53.8 Å². The molecule has 164 valence electrons. The molecule has 0 bridgehead atoms. The molecule has 0 radical (unpaired) electrons. The third kappa shape index (κ3) is 4.68. The monoisotopic (exact) mass is 424 g/mol. The summed E-state index contributed by atoms with van der Waals surface area (Å²) in [6.07, 6.45) is 1.57. The normalized spacial score (nSPS) is 15.3. The third-order valence-corrected chi connectivity index (χ3v) is 5.71. The summed E-state index contributed by atoms with van der Waals surface area (Å²) in [7, 11) is 1.58. The summed E-state index contributed by atoms with van der Waals surface area (Å²) in [5, 5.41) is 1.08. The first-order chi connectivity index (χ1) is 14.7. The van der Waals surface area contributed by atoms with Crippen molar-refractivity contribution in [1.82, 2.24) is 9.88 Å². The average Bonchev–Trinajstić information content (AvgIpc) is 3.16. The topological polar surface area (TPSA) is 54.6 Å². The summed E-state index contributed by atoms with van der Waals surface area (Å²) in [5.41, 5.74) is 3.30. The highest BCUT2D eigenvalue weighted by molar-refractivity contribution is 5.87. The molecule has 1 amide bonds. The van der Waals surface area contributed by atoms with Gasteiger partial charge in [-0.1, -0.05) is 6.07 Å². The van der Waals surface area contributed by atoms with E-state index in [1.54, 1.807) is 18.1 Å². The lowest BCUT2D eigenvalue weighted by atomic mass is 9.89. The van der Waals surface area contributed by atoms with Gasteiger partial charge in [-0.15, -0.1) is 0 Å². The summed E-state index contributed by atoms with van der Waals surface area (Å²) >= 11 is 0. The van der Waals surface area contributed by atoms with Crippen LogP contribution in [0.15, 0.2) is 42.5 Å². The molecule has 1 aromatic heterocycles. The zero-order valence-corrected chi connectivity index (χ0v) is 18.5. The molecule has 4 rings (SSSR count). The summed E-state index contributed by atoms with van der Waals surface area (Å²) in [5.74, 6) is 0.722. The predicted molar refractivity (Wildman–Crippen MR) is 120 cm³/mol. The Morgan fingerprint density at radius 2 is 1.84 bits per heavy atom. The van der Waals surface area contributed by atoms with Gasteiger partial charge in [0, 0.05) is 29.6 Å². The highest BCUT2D eigenvalue weighted by Crippen LogP contribution is 2.35. The van der Waals surface area contributed by atoms with Gasteiger partial charge < -0.3 is 19.4 Å². The largest absolute Gasteiger partial charge is 0.496 e. The Bertz CT molecular complexity index is 1090. The van der Waals surface area contributed by atoms with E-state index in [9.17, 15) is 9.18 Å². The number of hydrogen-bond donors (Lipinski definition) is 1. The van der Waals surface area contributed by atoms with Crippen LogP contribution in [0.25, 0.3) is 22.2 Å². The van der Waals surface area contributed by atoms with Gasteiger partial charge in [-0.3, -0.25) is 0 Å². The van der Waals surface area contributed by atoms with Crippen molar-refractivity contribution in [1.29, 1.82) is 0 Å². The lowest BCUT2D eigenvalue weighted by molar-refractivity contribution is 0.0205. The van der Waals surface area contributed by atoms with Crippen LogP contribution in [0.3, 0.4) is 0 Å². The second-order valence-corrected chi connectivity index (χ2v) is 9.12. The third-order valence-electron chi connectivity index (χ3n) is 5.71. The number of piperidine rings is 1. The molecule has 31 heavy (non-hydrogen) atoms. The first kappa shape index (κ1) is 21.2. The number of ether oxygens (including phenoxy) is 2. The number of rotatable bonds is 3. The van der Waals surface area contributed by atoms with E-state index in [0.717, 1.165) is 29.4 Å². The minimum atomic E-state index is -0.477. The van der Waals surface area contributed by atoms with Crippen molar-refractivity contribution in [2.45, 2.75) is 45.1 Å². The number of carbonyl (C=O) groups excluding carboxylic acids is 1. The molecule has 6 heteroatoms. The summed E-state index contributed by atoms with van der Waals surface area (Å²) in [6, 6.07) is 12.9. The van der Waals surface area contributed by atoms with Crippen LogP contribution in [-0.4, -0.2) is 41.8 Å². The second kappa shape index (κ2) is 8.25. The van der Waals surface area contributed by atoms with E-state index in [-0.39, 0.29) is 11.9 Å². The molecule has 1 N–H and O–H groups in total. The lowest BCUT2D eigenvalue weighted by Gasteiger charge is -2.33. The number of amides is 1. The first-order valence-corrected chi connectivity index (χ1v) is 10.7. The number of H-pyrrole nitrogens is 1. The standard InChI is InChI=1S/C25H29FN2O3/c1-25(2,3)31-24(29)28-11-9-16(10-12-28)17-5-7-21-18(13-17)14-22(27-21)20-15-19(26)6-8-23(20)30-4/h5-8,13-16,27H,9-12H2,1-4H3. The average molecular weight is 425 g/mol. The van der Waals surface area contributed by atoms with Crippen LogP contribution in [0, 0.1) is 5.82 Å². The number of nitrogens with zero attached hydrogens (tertiary/aromatic N) is 1. The van der Waals surface area contributed by atoms with Crippen molar-refractivity contribution >= 4 is 17.0 Å². The number of hydrogen-bond acceptors (Lipinski definition) is 3. The molecule has 1 fully saturated rings. The van der Waals surface area contributed by atoms with Crippen molar-refractivity contribution in [2.24, 2.45) is 0 Å². The number of methoxy groups -OCH3 is 1. The van der Waals surface area contributed by atoms with Gasteiger partial charge >= 0.3 is 6.09 Å². The molecule has 0 atom stereocenters. The summed E-state index contributed by atoms with van der Waals surface area (Å²) in [4.78, 5) is 17.5. The summed E-state index contributed by atoms with van der Waals surface area (Å²) < 4.78 is 24.7. The van der Waals surface area contributed by atoms with Crippen LogP contribution in [0.5, 0.6) is 5.75 Å². The van der Waals surface area contributed by atoms with Gasteiger partial charge in [-0.2, -0.15) is 0 Å². The second-order valence-electron chi connectivity index (χ2n) is 9.12. The Labute approximate surface area is 182 Å². The highest BCUT2D eigenvalue weighted by Gasteiger charge is 2.27. The van der Waals surface area contributed by atoms with E-state index in [1.807, 2.05) is 26.8 Å². The Balaban J connectivity index is 1.51. The fourth-order valence-electron chi connectivity index (χ4n) is 4.16. The Hall–Kier alpha value is -3.02. The van der Waals surface area contributed by atoms with Gasteiger partial charge in [0.05, 0.1) is 12.8 Å². The highest BCUT2D eigenvalue weighted by atomic mass is 19.1. The van der Waals surface area contributed by atoms with Crippen LogP contribution in [0.2, 0.25) is 0 Å². The molecular formula is C25H29FN2O3. The SMILES string of the molecule is COc1ccc(F)cc1-c1cc2cc(C3CCN(C(=O)OC(C)(C)C)CC3)ccc2[nH]1. The van der Waals surface area contributed by atoms with Gasteiger partial charge in [-0.05, 0) is 81.5 Å². The molecule has 0 unspecified atom stereocenters.